The van der Waals surface area contributed by atoms with Gasteiger partial charge in [0, 0.05) is 30.5 Å². The molecule has 0 unspecified atom stereocenters. The molecule has 0 bridgehead atoms. The third-order valence-corrected chi connectivity index (χ3v) is 4.10. The van der Waals surface area contributed by atoms with E-state index >= 15 is 0 Å². The van der Waals surface area contributed by atoms with Crippen molar-refractivity contribution in [3.63, 3.8) is 0 Å². The van der Waals surface area contributed by atoms with E-state index < -0.39 is 0 Å². The number of ether oxygens (including phenoxy) is 1. The van der Waals surface area contributed by atoms with Crippen molar-refractivity contribution in [1.29, 1.82) is 5.41 Å². The summed E-state index contributed by atoms with van der Waals surface area (Å²) in [7, 11) is 3.37. The highest BCUT2D eigenvalue weighted by atomic mass is 16.5. The predicted molar refractivity (Wildman–Crippen MR) is 99.6 cm³/mol. The van der Waals surface area contributed by atoms with Gasteiger partial charge in [0.1, 0.15) is 11.6 Å². The monoisotopic (exact) mass is 336 g/mol. The third-order valence-electron chi connectivity index (χ3n) is 4.10. The molecule has 6 heteroatoms. The highest BCUT2D eigenvalue weighted by Gasteiger charge is 2.26. The van der Waals surface area contributed by atoms with Crippen LogP contribution in [0.4, 0.5) is 11.4 Å². The molecule has 1 aliphatic heterocycles. The van der Waals surface area contributed by atoms with Crippen LogP contribution in [0.1, 0.15) is 10.4 Å². The number of benzene rings is 2. The molecule has 128 valence electrons. The molecule has 3 rings (SSSR count). The van der Waals surface area contributed by atoms with Gasteiger partial charge in [-0.25, -0.2) is 0 Å². The number of nitrogens with one attached hydrogen (secondary N) is 3. The van der Waals surface area contributed by atoms with Crippen molar-refractivity contribution >= 4 is 23.5 Å². The zero-order chi connectivity index (χ0) is 17.8. The van der Waals surface area contributed by atoms with Crippen molar-refractivity contribution in [2.45, 2.75) is 0 Å². The molecule has 3 N–H and O–H groups in total. The van der Waals surface area contributed by atoms with Crippen molar-refractivity contribution < 1.29 is 9.53 Å². The van der Waals surface area contributed by atoms with Gasteiger partial charge >= 0.3 is 0 Å². The summed E-state index contributed by atoms with van der Waals surface area (Å²) >= 11 is 0. The van der Waals surface area contributed by atoms with E-state index in [0.29, 0.717) is 28.4 Å². The number of methoxy groups -OCH3 is 1. The van der Waals surface area contributed by atoms with Crippen molar-refractivity contribution in [2.75, 3.05) is 30.9 Å². The Bertz CT molecular complexity index is 831. The lowest BCUT2D eigenvalue weighted by Crippen LogP contribution is -2.33. The van der Waals surface area contributed by atoms with Crippen LogP contribution in [-0.4, -0.2) is 32.8 Å². The first-order chi connectivity index (χ1) is 12.2. The first kappa shape index (κ1) is 16.6. The molecule has 1 aliphatic rings. The molecule has 0 saturated heterocycles. The second-order valence-corrected chi connectivity index (χ2v) is 5.56. The smallest absolute Gasteiger partial charge is 0.258 e. The second kappa shape index (κ2) is 7.09. The van der Waals surface area contributed by atoms with Crippen LogP contribution in [0.25, 0.3) is 0 Å². The number of carbonyl (C=O) groups is 1. The number of amides is 1. The zero-order valence-corrected chi connectivity index (χ0v) is 14.2. The Morgan fingerprint density at radius 1 is 1.28 bits per heavy atom. The van der Waals surface area contributed by atoms with Crippen molar-refractivity contribution in [1.82, 2.24) is 5.32 Å². The zero-order valence-electron chi connectivity index (χ0n) is 14.2. The predicted octanol–water partition coefficient (Wildman–Crippen LogP) is 2.85. The highest BCUT2D eigenvalue weighted by molar-refractivity contribution is 6.09. The summed E-state index contributed by atoms with van der Waals surface area (Å²) in [6.07, 6.45) is 1.26. The van der Waals surface area contributed by atoms with Crippen LogP contribution < -0.4 is 20.3 Å². The van der Waals surface area contributed by atoms with Crippen LogP contribution >= 0.6 is 0 Å². The van der Waals surface area contributed by atoms with Crippen molar-refractivity contribution in [2.24, 2.45) is 0 Å². The largest absolute Gasteiger partial charge is 0.497 e. The summed E-state index contributed by atoms with van der Waals surface area (Å²) in [5, 5.41) is 14.1. The van der Waals surface area contributed by atoms with Crippen LogP contribution in [0.3, 0.4) is 0 Å². The number of carbonyl (C=O) groups excluding carboxylic acids is 1. The molecule has 0 saturated carbocycles. The van der Waals surface area contributed by atoms with E-state index in [9.17, 15) is 4.79 Å². The molecular weight excluding hydrogens is 316 g/mol. The van der Waals surface area contributed by atoms with Crippen LogP contribution in [0.15, 0.2) is 59.9 Å². The maximum absolute atomic E-state index is 13.1. The summed E-state index contributed by atoms with van der Waals surface area (Å²) in [5.41, 5.74) is 2.75. The fourth-order valence-corrected chi connectivity index (χ4v) is 2.78. The Hall–Kier alpha value is -3.28. The molecule has 2 aromatic carbocycles. The Labute approximate surface area is 146 Å². The number of fused-ring (bicyclic) bond motifs is 1. The van der Waals surface area contributed by atoms with Gasteiger partial charge in [-0.05, 0) is 24.3 Å². The summed E-state index contributed by atoms with van der Waals surface area (Å²) in [6.45, 7) is 0.278. The van der Waals surface area contributed by atoms with Crippen LogP contribution in [-0.2, 0) is 0 Å². The minimum atomic E-state index is -0.131. The lowest BCUT2D eigenvalue weighted by molar-refractivity contribution is 0.0989. The van der Waals surface area contributed by atoms with E-state index in [2.05, 4.69) is 10.6 Å². The number of nitrogens with zero attached hydrogens (tertiary/aromatic N) is 1. The standard InChI is InChI=1S/C19H20N4O2/c1-21-18-14(11-20)12-23(19(24)13-6-4-3-5-7-13)17-10-15(25-2)8-9-16(17)22-18/h3-11,20-22H,12H2,1-2H3. The van der Waals surface area contributed by atoms with E-state index in [4.69, 9.17) is 10.1 Å². The molecule has 0 fully saturated rings. The summed E-state index contributed by atoms with van der Waals surface area (Å²) < 4.78 is 5.32. The quantitative estimate of drug-likeness (QED) is 0.750. The minimum absolute atomic E-state index is 0.131. The number of hydrogen-bond donors (Lipinski definition) is 3. The second-order valence-electron chi connectivity index (χ2n) is 5.56. The lowest BCUT2D eigenvalue weighted by Gasteiger charge is -2.23. The Kier molecular flexibility index (Phi) is 4.70. The Morgan fingerprint density at radius 2 is 2.04 bits per heavy atom. The van der Waals surface area contributed by atoms with E-state index in [-0.39, 0.29) is 12.5 Å². The van der Waals surface area contributed by atoms with E-state index in [1.54, 1.807) is 31.2 Å². The van der Waals surface area contributed by atoms with E-state index in [1.165, 1.54) is 6.21 Å². The van der Waals surface area contributed by atoms with Gasteiger partial charge in [-0.2, -0.15) is 0 Å². The van der Waals surface area contributed by atoms with E-state index in [1.807, 2.05) is 36.4 Å². The molecule has 0 atom stereocenters. The van der Waals surface area contributed by atoms with Crippen LogP contribution in [0.5, 0.6) is 5.75 Å². The molecule has 0 aliphatic carbocycles. The van der Waals surface area contributed by atoms with Gasteiger partial charge in [-0.1, -0.05) is 18.2 Å². The number of hydrogen-bond acceptors (Lipinski definition) is 5. The lowest BCUT2D eigenvalue weighted by atomic mass is 10.1. The summed E-state index contributed by atoms with van der Waals surface area (Å²) in [6, 6.07) is 14.6. The SMILES string of the molecule is CNC1=C(C=N)CN(C(=O)c2ccccc2)c2cc(OC)ccc2N1. The molecule has 0 aromatic heterocycles. The molecule has 2 aromatic rings. The normalized spacial score (nSPS) is 13.4. The third kappa shape index (κ3) is 3.19. The molecule has 25 heavy (non-hydrogen) atoms. The maximum Gasteiger partial charge on any atom is 0.258 e. The van der Waals surface area contributed by atoms with Gasteiger partial charge in [0.15, 0.2) is 0 Å². The molecule has 0 radical (unpaired) electrons. The maximum atomic E-state index is 13.1. The van der Waals surface area contributed by atoms with Crippen molar-refractivity contribution in [3.8, 4) is 5.75 Å². The molecule has 6 nitrogen and oxygen atoms in total. The van der Waals surface area contributed by atoms with Gasteiger partial charge in [-0.15, -0.1) is 0 Å². The first-order valence-corrected chi connectivity index (χ1v) is 7.91. The molecule has 0 spiro atoms. The topological polar surface area (TPSA) is 77.5 Å². The average molecular weight is 336 g/mol. The van der Waals surface area contributed by atoms with E-state index in [0.717, 1.165) is 5.69 Å². The fraction of sp³-hybridized carbons (Fsp3) is 0.158. The minimum Gasteiger partial charge on any atom is -0.497 e. The van der Waals surface area contributed by atoms with Gasteiger partial charge in [0.25, 0.3) is 5.91 Å². The molecule has 1 heterocycles. The van der Waals surface area contributed by atoms with Gasteiger partial charge in [-0.3, -0.25) is 4.79 Å². The fourth-order valence-electron chi connectivity index (χ4n) is 2.78. The van der Waals surface area contributed by atoms with Crippen molar-refractivity contribution in [3.05, 3.63) is 65.5 Å². The van der Waals surface area contributed by atoms with Gasteiger partial charge < -0.3 is 25.7 Å². The summed E-state index contributed by atoms with van der Waals surface area (Å²) in [4.78, 5) is 14.8. The first-order valence-electron chi connectivity index (χ1n) is 7.91. The molecule has 1 amide bonds. The highest BCUT2D eigenvalue weighted by Crippen LogP contribution is 2.35. The Balaban J connectivity index is 2.13. The summed E-state index contributed by atoms with van der Waals surface area (Å²) in [5.74, 6) is 1.23. The average Bonchev–Trinajstić information content (AvgIpc) is 2.83. The van der Waals surface area contributed by atoms with Crippen LogP contribution in [0, 0.1) is 5.41 Å². The Morgan fingerprint density at radius 3 is 2.68 bits per heavy atom. The number of rotatable bonds is 4. The van der Waals surface area contributed by atoms with Gasteiger partial charge in [0.2, 0.25) is 0 Å². The number of anilines is 2. The van der Waals surface area contributed by atoms with Gasteiger partial charge in [0.05, 0.1) is 25.0 Å². The molecular formula is C19H20N4O2. The van der Waals surface area contributed by atoms with Crippen LogP contribution in [0.2, 0.25) is 0 Å².